The topological polar surface area (TPSA) is 68.5 Å². The molecule has 2 bridgehead atoms. The van der Waals surface area contributed by atoms with Crippen molar-refractivity contribution in [2.24, 2.45) is 29.4 Å². The number of carbonyl (C=O) groups is 1. The van der Waals surface area contributed by atoms with E-state index in [4.69, 9.17) is 10.5 Å². The van der Waals surface area contributed by atoms with Crippen molar-refractivity contribution in [3.8, 4) is 0 Å². The molecule has 148 valence electrons. The normalized spacial score (nSPS) is 40.1. The number of piperidine rings is 1. The molecular formula is C21H30ClN3O2. The Balaban J connectivity index is 0.00000180. The lowest BCUT2D eigenvalue weighted by Gasteiger charge is -2.56. The van der Waals surface area contributed by atoms with Crippen molar-refractivity contribution in [2.45, 2.75) is 50.2 Å². The molecule has 6 heteroatoms. The third-order valence-electron chi connectivity index (χ3n) is 7.76. The Morgan fingerprint density at radius 1 is 1.22 bits per heavy atom. The lowest BCUT2D eigenvalue weighted by atomic mass is 9.62. The monoisotopic (exact) mass is 391 g/mol. The maximum atomic E-state index is 11.6. The van der Waals surface area contributed by atoms with E-state index in [1.54, 1.807) is 6.20 Å². The number of primary amides is 1. The number of hydrogen-bond acceptors (Lipinski definition) is 4. The molecule has 1 saturated heterocycles. The fourth-order valence-corrected chi connectivity index (χ4v) is 6.48. The van der Waals surface area contributed by atoms with Gasteiger partial charge in [0.15, 0.2) is 0 Å². The zero-order valence-electron chi connectivity index (χ0n) is 16.0. The average Bonchev–Trinajstić information content (AvgIpc) is 3.25. The quantitative estimate of drug-likeness (QED) is 0.856. The van der Waals surface area contributed by atoms with Crippen LogP contribution < -0.4 is 5.73 Å². The number of hydrogen-bond donors (Lipinski definition) is 1. The minimum Gasteiger partial charge on any atom is -0.373 e. The van der Waals surface area contributed by atoms with Crippen molar-refractivity contribution in [3.05, 3.63) is 29.6 Å². The number of nitrogens with zero attached hydrogens (tertiary/aromatic N) is 2. The van der Waals surface area contributed by atoms with E-state index in [2.05, 4.69) is 9.88 Å². The Labute approximate surface area is 167 Å². The second-order valence-electron chi connectivity index (χ2n) is 8.95. The summed E-state index contributed by atoms with van der Waals surface area (Å²) >= 11 is 0. The minimum atomic E-state index is -0.467. The largest absolute Gasteiger partial charge is 0.373 e. The van der Waals surface area contributed by atoms with Gasteiger partial charge in [0, 0.05) is 44.3 Å². The molecule has 4 fully saturated rings. The highest BCUT2D eigenvalue weighted by molar-refractivity contribution is 5.90. The molecule has 0 aromatic carbocycles. The first-order valence-electron chi connectivity index (χ1n) is 10.2. The number of fused-ring (bicyclic) bond motifs is 3. The predicted molar refractivity (Wildman–Crippen MR) is 106 cm³/mol. The van der Waals surface area contributed by atoms with Crippen molar-refractivity contribution in [3.63, 3.8) is 0 Å². The first-order valence-corrected chi connectivity index (χ1v) is 10.2. The molecule has 1 aromatic rings. The zero-order valence-corrected chi connectivity index (χ0v) is 16.8. The molecule has 3 unspecified atom stereocenters. The molecule has 3 aliphatic carbocycles. The predicted octanol–water partition coefficient (Wildman–Crippen LogP) is 2.97. The van der Waals surface area contributed by atoms with Gasteiger partial charge in [0.1, 0.15) is 11.3 Å². The Hall–Kier alpha value is -1.17. The van der Waals surface area contributed by atoms with Gasteiger partial charge in [-0.1, -0.05) is 6.42 Å². The number of likely N-dealkylation sites (tertiary alicyclic amines) is 1. The minimum absolute atomic E-state index is 0. The molecule has 0 radical (unpaired) electrons. The Kier molecular flexibility index (Phi) is 4.98. The third-order valence-corrected chi connectivity index (χ3v) is 7.76. The standard InChI is InChI=1S/C21H29N3O2.ClH/c1-26-21(15-5-6-23-19(10-15)20(22)25)16-3-2-4-17(21)12-24(11-16)18-8-13-7-14(13)9-18;/h5-6,10,13-14,16-18H,2-4,7-9,11-12H2,1H3,(H2,22,25);1H/t13-,14+,16?,17?,18?,21?;. The maximum Gasteiger partial charge on any atom is 0.267 e. The molecule has 2 N–H and O–H groups in total. The second kappa shape index (κ2) is 7.02. The van der Waals surface area contributed by atoms with E-state index in [-0.39, 0.29) is 18.0 Å². The van der Waals surface area contributed by atoms with E-state index in [0.717, 1.165) is 36.5 Å². The van der Waals surface area contributed by atoms with Crippen LogP contribution in [-0.2, 0) is 10.3 Å². The smallest absolute Gasteiger partial charge is 0.267 e. The highest BCUT2D eigenvalue weighted by Crippen LogP contribution is 2.56. The Bertz CT molecular complexity index is 703. The molecule has 5 nitrogen and oxygen atoms in total. The first kappa shape index (κ1) is 19.2. The maximum absolute atomic E-state index is 11.6. The fraction of sp³-hybridized carbons (Fsp3) is 0.714. The highest BCUT2D eigenvalue weighted by atomic mass is 35.5. The molecule has 4 aliphatic rings. The molecular weight excluding hydrogens is 362 g/mol. The van der Waals surface area contributed by atoms with Crippen LogP contribution in [0.5, 0.6) is 0 Å². The average molecular weight is 392 g/mol. The van der Waals surface area contributed by atoms with Crippen molar-refractivity contribution < 1.29 is 9.53 Å². The van der Waals surface area contributed by atoms with Crippen LogP contribution in [0.4, 0.5) is 0 Å². The summed E-state index contributed by atoms with van der Waals surface area (Å²) in [5.41, 5.74) is 6.61. The van der Waals surface area contributed by atoms with Crippen molar-refractivity contribution in [1.29, 1.82) is 0 Å². The van der Waals surface area contributed by atoms with E-state index in [1.807, 2.05) is 19.2 Å². The number of ether oxygens (including phenoxy) is 1. The van der Waals surface area contributed by atoms with Crippen LogP contribution in [0.1, 0.15) is 54.6 Å². The van der Waals surface area contributed by atoms with Crippen LogP contribution in [0.15, 0.2) is 18.3 Å². The highest BCUT2D eigenvalue weighted by Gasteiger charge is 2.56. The van der Waals surface area contributed by atoms with Gasteiger partial charge in [0.25, 0.3) is 5.91 Å². The van der Waals surface area contributed by atoms with Gasteiger partial charge in [-0.3, -0.25) is 14.7 Å². The summed E-state index contributed by atoms with van der Waals surface area (Å²) < 4.78 is 6.30. The summed E-state index contributed by atoms with van der Waals surface area (Å²) in [7, 11) is 1.84. The van der Waals surface area contributed by atoms with Crippen LogP contribution in [-0.4, -0.2) is 42.0 Å². The van der Waals surface area contributed by atoms with Gasteiger partial charge in [-0.05, 0) is 61.6 Å². The fourth-order valence-electron chi connectivity index (χ4n) is 6.48. The van der Waals surface area contributed by atoms with Crippen LogP contribution in [0.2, 0.25) is 0 Å². The summed E-state index contributed by atoms with van der Waals surface area (Å²) in [6.45, 7) is 2.23. The van der Waals surface area contributed by atoms with Crippen LogP contribution >= 0.6 is 12.4 Å². The molecule has 1 aliphatic heterocycles. The van der Waals surface area contributed by atoms with Gasteiger partial charge < -0.3 is 10.5 Å². The van der Waals surface area contributed by atoms with E-state index in [1.165, 1.54) is 38.5 Å². The van der Waals surface area contributed by atoms with E-state index >= 15 is 0 Å². The Morgan fingerprint density at radius 3 is 2.48 bits per heavy atom. The molecule has 2 heterocycles. The van der Waals surface area contributed by atoms with E-state index in [0.29, 0.717) is 17.5 Å². The summed E-state index contributed by atoms with van der Waals surface area (Å²) in [6.07, 6.45) is 9.66. The number of aromatic nitrogens is 1. The third kappa shape index (κ3) is 2.99. The second-order valence-corrected chi connectivity index (χ2v) is 8.95. The van der Waals surface area contributed by atoms with Gasteiger partial charge in [-0.25, -0.2) is 0 Å². The molecule has 5 atom stereocenters. The first-order chi connectivity index (χ1) is 12.6. The molecule has 27 heavy (non-hydrogen) atoms. The van der Waals surface area contributed by atoms with Crippen molar-refractivity contribution in [2.75, 3.05) is 20.2 Å². The SMILES string of the molecule is COC1(c2ccnc(C(N)=O)c2)C2CCCC1CN(C1C[C@@H]3C[C@@H]3C1)C2.Cl. The van der Waals surface area contributed by atoms with Gasteiger partial charge in [0.05, 0.1) is 0 Å². The number of halogens is 1. The number of pyridine rings is 1. The van der Waals surface area contributed by atoms with Gasteiger partial charge in [0.2, 0.25) is 0 Å². The van der Waals surface area contributed by atoms with Gasteiger partial charge in [-0.15, -0.1) is 12.4 Å². The summed E-state index contributed by atoms with van der Waals surface area (Å²) in [5, 5.41) is 0. The lowest BCUT2D eigenvalue weighted by molar-refractivity contribution is -0.174. The van der Waals surface area contributed by atoms with Gasteiger partial charge >= 0.3 is 0 Å². The van der Waals surface area contributed by atoms with E-state index < -0.39 is 5.91 Å². The zero-order chi connectivity index (χ0) is 17.9. The van der Waals surface area contributed by atoms with Gasteiger partial charge in [-0.2, -0.15) is 0 Å². The number of rotatable bonds is 4. The molecule has 1 amide bonds. The van der Waals surface area contributed by atoms with E-state index in [9.17, 15) is 4.79 Å². The number of amides is 1. The lowest BCUT2D eigenvalue weighted by Crippen LogP contribution is -2.60. The summed E-state index contributed by atoms with van der Waals surface area (Å²) in [6, 6.07) is 4.69. The van der Waals surface area contributed by atoms with Crippen LogP contribution in [0.25, 0.3) is 0 Å². The molecule has 0 spiro atoms. The number of carbonyl (C=O) groups excluding carboxylic acids is 1. The molecule has 1 aromatic heterocycles. The molecule has 5 rings (SSSR count). The van der Waals surface area contributed by atoms with Crippen LogP contribution in [0.3, 0.4) is 0 Å². The summed E-state index contributed by atoms with van der Waals surface area (Å²) in [4.78, 5) is 18.6. The van der Waals surface area contributed by atoms with Crippen LogP contribution in [0, 0.1) is 23.7 Å². The Morgan fingerprint density at radius 2 is 1.89 bits per heavy atom. The summed E-state index contributed by atoms with van der Waals surface area (Å²) in [5.74, 6) is 2.52. The number of nitrogens with two attached hydrogens (primary N) is 1. The molecule has 3 saturated carbocycles. The van der Waals surface area contributed by atoms with Crippen molar-refractivity contribution in [1.82, 2.24) is 9.88 Å². The number of methoxy groups -OCH3 is 1. The van der Waals surface area contributed by atoms with Crippen molar-refractivity contribution >= 4 is 18.3 Å².